The molecule has 0 aliphatic rings. The van der Waals surface area contributed by atoms with Gasteiger partial charge in [-0.2, -0.15) is 36.7 Å². The number of anilines is 1. The van der Waals surface area contributed by atoms with Crippen molar-refractivity contribution in [2.75, 3.05) is 58.7 Å². The molecule has 0 saturated carbocycles. The minimum absolute atomic E-state index is 0.120. The maximum atomic E-state index is 13.5. The molecule has 0 fully saturated rings. The minimum atomic E-state index is -5.42. The molecular formula is C21H20Cl2F6N4O6S. The highest BCUT2D eigenvalue weighted by Gasteiger charge is 2.44. The number of rotatable bonds is 12. The van der Waals surface area contributed by atoms with E-state index in [0.29, 0.717) is 34.9 Å². The summed E-state index contributed by atoms with van der Waals surface area (Å²) in [4.78, 5) is 11.9. The smallest absolute Gasteiger partial charge is 0.447 e. The fourth-order valence-corrected chi connectivity index (χ4v) is 4.50. The quantitative estimate of drug-likeness (QED) is 0.236. The van der Waals surface area contributed by atoms with Crippen LogP contribution in [0.2, 0.25) is 10.0 Å². The fraction of sp³-hybridized carbons (Fsp3) is 0.476. The SMILES string of the molecule is COCCOCCOCCOC(=O)N(C)c1c(S(=O)C(F)(F)F)c(C#N)nn1-c1c(Cl)cc(C(F)(F)F)cc1Cl. The summed E-state index contributed by atoms with van der Waals surface area (Å²) in [5, 5.41) is 11.5. The zero-order valence-electron chi connectivity index (χ0n) is 20.6. The Bertz CT molecular complexity index is 1240. The summed E-state index contributed by atoms with van der Waals surface area (Å²) < 4.78 is 113. The van der Waals surface area contributed by atoms with Crippen LogP contribution >= 0.6 is 23.2 Å². The van der Waals surface area contributed by atoms with Crippen LogP contribution in [0.15, 0.2) is 17.0 Å². The number of ether oxygens (including phenoxy) is 4. The number of carbonyl (C=O) groups excluding carboxylic acids is 1. The summed E-state index contributed by atoms with van der Waals surface area (Å²) >= 11 is 12.0. The lowest BCUT2D eigenvalue weighted by molar-refractivity contribution is -0.137. The number of halogens is 8. The second kappa shape index (κ2) is 14.3. The molecule has 0 saturated heterocycles. The van der Waals surface area contributed by atoms with E-state index < -0.39 is 66.3 Å². The molecular weight excluding hydrogens is 621 g/mol. The van der Waals surface area contributed by atoms with Gasteiger partial charge in [0.25, 0.3) is 0 Å². The molecule has 1 heterocycles. The largest absolute Gasteiger partial charge is 0.476 e. The fourth-order valence-electron chi connectivity index (χ4n) is 2.97. The molecule has 1 unspecified atom stereocenters. The van der Waals surface area contributed by atoms with Gasteiger partial charge in [-0.05, 0) is 12.1 Å². The molecule has 2 rings (SSSR count). The van der Waals surface area contributed by atoms with Crippen LogP contribution in [-0.2, 0) is 35.9 Å². The van der Waals surface area contributed by atoms with Gasteiger partial charge in [0.15, 0.2) is 22.3 Å². The van der Waals surface area contributed by atoms with Crippen molar-refractivity contribution in [1.29, 1.82) is 5.26 Å². The predicted molar refractivity (Wildman–Crippen MR) is 129 cm³/mol. The Labute approximate surface area is 235 Å². The van der Waals surface area contributed by atoms with Crippen molar-refractivity contribution in [3.63, 3.8) is 0 Å². The Balaban J connectivity index is 2.44. The van der Waals surface area contributed by atoms with Gasteiger partial charge in [-0.15, -0.1) is 0 Å². The van der Waals surface area contributed by atoms with E-state index in [1.165, 1.54) is 13.2 Å². The summed E-state index contributed by atoms with van der Waals surface area (Å²) in [5.41, 5.74) is -8.40. The van der Waals surface area contributed by atoms with Crippen molar-refractivity contribution >= 4 is 45.9 Å². The molecule has 40 heavy (non-hydrogen) atoms. The summed E-state index contributed by atoms with van der Waals surface area (Å²) in [6, 6.07) is 2.15. The molecule has 0 spiro atoms. The average molecular weight is 641 g/mol. The lowest BCUT2D eigenvalue weighted by atomic mass is 10.2. The molecule has 1 atom stereocenters. The predicted octanol–water partition coefficient (Wildman–Crippen LogP) is 4.95. The summed E-state index contributed by atoms with van der Waals surface area (Å²) in [7, 11) is -1.54. The first-order valence-electron chi connectivity index (χ1n) is 10.8. The molecule has 0 bridgehead atoms. The molecule has 1 aromatic heterocycles. The lowest BCUT2D eigenvalue weighted by Crippen LogP contribution is -2.32. The number of nitrogens with zero attached hydrogens (tertiary/aromatic N) is 4. The number of hydrogen-bond acceptors (Lipinski definition) is 8. The van der Waals surface area contributed by atoms with E-state index in [2.05, 4.69) is 5.10 Å². The summed E-state index contributed by atoms with van der Waals surface area (Å²) in [6.45, 7) is 0.488. The zero-order valence-corrected chi connectivity index (χ0v) is 22.9. The van der Waals surface area contributed by atoms with Gasteiger partial charge in [0, 0.05) is 14.2 Å². The molecule has 0 aliphatic heterocycles. The van der Waals surface area contributed by atoms with Gasteiger partial charge in [0.2, 0.25) is 0 Å². The van der Waals surface area contributed by atoms with Crippen LogP contribution in [0.5, 0.6) is 0 Å². The van der Waals surface area contributed by atoms with Gasteiger partial charge in [-0.25, -0.2) is 13.7 Å². The third kappa shape index (κ3) is 8.44. The lowest BCUT2D eigenvalue weighted by Gasteiger charge is -2.21. The van der Waals surface area contributed by atoms with Gasteiger partial charge >= 0.3 is 17.8 Å². The Morgan fingerprint density at radius 1 is 1.05 bits per heavy atom. The first kappa shape index (κ1) is 33.6. The van der Waals surface area contributed by atoms with E-state index in [-0.39, 0.29) is 26.4 Å². The minimum Gasteiger partial charge on any atom is -0.447 e. The number of alkyl halides is 6. The van der Waals surface area contributed by atoms with Crippen LogP contribution < -0.4 is 4.90 Å². The van der Waals surface area contributed by atoms with E-state index in [1.807, 2.05) is 0 Å². The topological polar surface area (TPSA) is 116 Å². The molecule has 1 amide bonds. The van der Waals surface area contributed by atoms with Crippen LogP contribution in [0, 0.1) is 11.3 Å². The molecule has 0 radical (unpaired) electrons. The van der Waals surface area contributed by atoms with Crippen LogP contribution in [-0.4, -0.2) is 79.4 Å². The van der Waals surface area contributed by atoms with Gasteiger partial charge < -0.3 is 18.9 Å². The molecule has 0 N–H and O–H groups in total. The molecule has 1 aromatic carbocycles. The summed E-state index contributed by atoms with van der Waals surface area (Å²) in [6.07, 6.45) is -6.21. The van der Waals surface area contributed by atoms with Crippen LogP contribution in [0.1, 0.15) is 11.3 Å². The van der Waals surface area contributed by atoms with Crippen molar-refractivity contribution in [3.8, 4) is 11.8 Å². The van der Waals surface area contributed by atoms with Crippen molar-refractivity contribution in [2.24, 2.45) is 0 Å². The Morgan fingerprint density at radius 2 is 1.57 bits per heavy atom. The number of nitriles is 1. The van der Waals surface area contributed by atoms with Crippen molar-refractivity contribution in [1.82, 2.24) is 9.78 Å². The van der Waals surface area contributed by atoms with Gasteiger partial charge in [-0.1, -0.05) is 23.2 Å². The monoisotopic (exact) mass is 640 g/mol. The first-order valence-corrected chi connectivity index (χ1v) is 12.7. The second-order valence-electron chi connectivity index (χ2n) is 7.42. The Morgan fingerprint density at radius 3 is 2.05 bits per heavy atom. The van der Waals surface area contributed by atoms with Crippen LogP contribution in [0.25, 0.3) is 5.69 Å². The van der Waals surface area contributed by atoms with Gasteiger partial charge in [-0.3, -0.25) is 4.90 Å². The Hall–Kier alpha value is -2.62. The van der Waals surface area contributed by atoms with E-state index in [0.717, 1.165) is 7.05 Å². The number of hydrogen-bond donors (Lipinski definition) is 0. The highest BCUT2D eigenvalue weighted by molar-refractivity contribution is 7.86. The van der Waals surface area contributed by atoms with E-state index in [1.54, 1.807) is 0 Å². The number of methoxy groups -OCH3 is 1. The normalized spacial score (nSPS) is 12.7. The molecule has 0 aliphatic carbocycles. The second-order valence-corrected chi connectivity index (χ2v) is 9.64. The van der Waals surface area contributed by atoms with E-state index >= 15 is 0 Å². The van der Waals surface area contributed by atoms with Gasteiger partial charge in [0.05, 0.1) is 48.6 Å². The highest BCUT2D eigenvalue weighted by Crippen LogP contribution is 2.42. The maximum absolute atomic E-state index is 13.5. The third-order valence-electron chi connectivity index (χ3n) is 4.72. The first-order chi connectivity index (χ1) is 18.6. The van der Waals surface area contributed by atoms with Crippen molar-refractivity contribution in [2.45, 2.75) is 16.6 Å². The number of benzene rings is 1. The Kier molecular flexibility index (Phi) is 12.0. The van der Waals surface area contributed by atoms with Crippen LogP contribution in [0.4, 0.5) is 37.0 Å². The highest BCUT2D eigenvalue weighted by atomic mass is 35.5. The number of aromatic nitrogens is 2. The number of carbonyl (C=O) groups is 1. The van der Waals surface area contributed by atoms with Crippen molar-refractivity contribution in [3.05, 3.63) is 33.4 Å². The number of amides is 1. The van der Waals surface area contributed by atoms with Crippen molar-refractivity contribution < 1.29 is 54.3 Å². The van der Waals surface area contributed by atoms with Gasteiger partial charge in [0.1, 0.15) is 23.3 Å². The maximum Gasteiger partial charge on any atom is 0.476 e. The molecule has 222 valence electrons. The standard InChI is InChI=1S/C21H20Cl2F6N4O6S/c1-32(19(34)39-8-7-38-6-5-37-4-3-36-2)18-17(40(35)21(27,28)29)15(11-30)31-33(18)16-13(22)9-12(10-14(16)23)20(24,25)26/h9-10H,3-8H2,1-2H3. The summed E-state index contributed by atoms with van der Waals surface area (Å²) in [5.74, 6) is -0.937. The van der Waals surface area contributed by atoms with E-state index in [9.17, 15) is 40.6 Å². The molecule has 19 heteroatoms. The third-order valence-corrected chi connectivity index (χ3v) is 6.47. The molecule has 2 aromatic rings. The van der Waals surface area contributed by atoms with Crippen LogP contribution in [0.3, 0.4) is 0 Å². The molecule has 10 nitrogen and oxygen atoms in total. The average Bonchev–Trinajstić information content (AvgIpc) is 3.23. The zero-order chi connectivity index (χ0) is 30.3. The van der Waals surface area contributed by atoms with E-state index in [4.69, 9.17) is 42.1 Å².